The molecule has 2 nitrogen and oxygen atoms in total. The Balaban J connectivity index is 1.97. The van der Waals surface area contributed by atoms with E-state index < -0.39 is 0 Å². The van der Waals surface area contributed by atoms with Crippen LogP contribution in [0, 0.1) is 11.8 Å². The first-order valence-electron chi connectivity index (χ1n) is 6.46. The molecule has 2 rings (SSSR count). The second-order valence-electron chi connectivity index (χ2n) is 4.67. The maximum Gasteiger partial charge on any atom is 0.199 e. The smallest absolute Gasteiger partial charge is 0.199 e. The fourth-order valence-electron chi connectivity index (χ4n) is 2.52. The van der Waals surface area contributed by atoms with Crippen LogP contribution >= 0.6 is 11.8 Å². The molecule has 0 bridgehead atoms. The highest BCUT2D eigenvalue weighted by Gasteiger charge is 2.38. The van der Waals surface area contributed by atoms with Crippen LogP contribution in [0.25, 0.3) is 0 Å². The summed E-state index contributed by atoms with van der Waals surface area (Å²) in [6.07, 6.45) is 2.37. The maximum atomic E-state index is 12.2. The van der Waals surface area contributed by atoms with Crippen LogP contribution in [0.2, 0.25) is 0 Å². The van der Waals surface area contributed by atoms with Gasteiger partial charge in [-0.3, -0.25) is 9.59 Å². The Morgan fingerprint density at radius 2 is 2.00 bits per heavy atom. The summed E-state index contributed by atoms with van der Waals surface area (Å²) < 4.78 is 0. The average molecular weight is 262 g/mol. The monoisotopic (exact) mass is 262 g/mol. The van der Waals surface area contributed by atoms with Crippen molar-refractivity contribution in [2.45, 2.75) is 26.2 Å². The molecule has 1 aliphatic carbocycles. The maximum absolute atomic E-state index is 12.2. The summed E-state index contributed by atoms with van der Waals surface area (Å²) in [6, 6.07) is 10.0. The summed E-state index contributed by atoms with van der Waals surface area (Å²) in [5.74, 6) is 0.610. The van der Waals surface area contributed by atoms with Crippen LogP contribution in [0.1, 0.15) is 25.3 Å². The van der Waals surface area contributed by atoms with Gasteiger partial charge in [-0.25, -0.2) is 0 Å². The molecule has 1 aromatic carbocycles. The second-order valence-corrected chi connectivity index (χ2v) is 5.94. The van der Waals surface area contributed by atoms with Crippen LogP contribution in [0.4, 0.5) is 0 Å². The van der Waals surface area contributed by atoms with Gasteiger partial charge in [0.1, 0.15) is 5.78 Å². The minimum Gasteiger partial charge on any atom is -0.299 e. The molecule has 18 heavy (non-hydrogen) atoms. The van der Waals surface area contributed by atoms with Crippen molar-refractivity contribution in [3.63, 3.8) is 0 Å². The minimum atomic E-state index is -0.344. The third-order valence-corrected chi connectivity index (χ3v) is 4.30. The third kappa shape index (κ3) is 3.02. The Morgan fingerprint density at radius 1 is 1.28 bits per heavy atom. The summed E-state index contributed by atoms with van der Waals surface area (Å²) in [6.45, 7) is 1.95. The highest BCUT2D eigenvalue weighted by molar-refractivity contribution is 8.13. The van der Waals surface area contributed by atoms with E-state index in [-0.39, 0.29) is 22.7 Å². The quantitative estimate of drug-likeness (QED) is 0.782. The number of carbonyl (C=O) groups is 2. The van der Waals surface area contributed by atoms with Crippen LogP contribution in [-0.2, 0) is 16.0 Å². The molecule has 3 heteroatoms. The molecule has 0 N–H and O–H groups in total. The molecule has 1 saturated carbocycles. The van der Waals surface area contributed by atoms with Crippen molar-refractivity contribution >= 4 is 22.7 Å². The molecule has 1 fully saturated rings. The largest absolute Gasteiger partial charge is 0.299 e. The van der Waals surface area contributed by atoms with Crippen molar-refractivity contribution in [2.24, 2.45) is 11.8 Å². The van der Waals surface area contributed by atoms with E-state index in [1.165, 1.54) is 17.3 Å². The van der Waals surface area contributed by atoms with Gasteiger partial charge in [0.2, 0.25) is 0 Å². The summed E-state index contributed by atoms with van der Waals surface area (Å²) in [7, 11) is 0. The fourth-order valence-corrected chi connectivity index (χ4v) is 3.23. The van der Waals surface area contributed by atoms with E-state index in [0.29, 0.717) is 0 Å². The van der Waals surface area contributed by atoms with E-state index >= 15 is 0 Å². The lowest BCUT2D eigenvalue weighted by molar-refractivity contribution is -0.128. The number of rotatable bonds is 4. The lowest BCUT2D eigenvalue weighted by Gasteiger charge is -2.09. The molecule has 0 spiro atoms. The van der Waals surface area contributed by atoms with E-state index in [1.807, 2.05) is 37.3 Å². The molecule has 0 radical (unpaired) electrons. The van der Waals surface area contributed by atoms with E-state index in [4.69, 9.17) is 0 Å². The lowest BCUT2D eigenvalue weighted by Crippen LogP contribution is -2.21. The number of thioether (sulfide) groups is 1. The summed E-state index contributed by atoms with van der Waals surface area (Å²) in [4.78, 5) is 24.0. The SMILES string of the molecule is CCSC(=O)C1CCC(Cc2ccccc2)C1=O. The third-order valence-electron chi connectivity index (χ3n) is 3.45. The summed E-state index contributed by atoms with van der Waals surface area (Å²) in [5, 5.41) is 0.0676. The van der Waals surface area contributed by atoms with Gasteiger partial charge < -0.3 is 0 Å². The zero-order valence-electron chi connectivity index (χ0n) is 10.6. The van der Waals surface area contributed by atoms with Crippen molar-refractivity contribution < 1.29 is 9.59 Å². The molecule has 2 unspecified atom stereocenters. The molecule has 0 saturated heterocycles. The Labute approximate surface area is 112 Å². The number of carbonyl (C=O) groups excluding carboxylic acids is 2. The first-order valence-corrected chi connectivity index (χ1v) is 7.45. The molecule has 1 aliphatic rings. The van der Waals surface area contributed by atoms with Gasteiger partial charge in [-0.1, -0.05) is 49.0 Å². The van der Waals surface area contributed by atoms with Crippen molar-refractivity contribution in [1.29, 1.82) is 0 Å². The van der Waals surface area contributed by atoms with Crippen LogP contribution in [0.5, 0.6) is 0 Å². The Hall–Kier alpha value is -1.09. The van der Waals surface area contributed by atoms with Gasteiger partial charge >= 0.3 is 0 Å². The van der Waals surface area contributed by atoms with Gasteiger partial charge in [0.05, 0.1) is 5.92 Å². The summed E-state index contributed by atoms with van der Waals surface area (Å²) >= 11 is 1.28. The predicted molar refractivity (Wildman–Crippen MR) is 74.5 cm³/mol. The number of ketones is 1. The Kier molecular flexibility index (Phi) is 4.59. The van der Waals surface area contributed by atoms with Crippen LogP contribution in [0.15, 0.2) is 30.3 Å². The highest BCUT2D eigenvalue weighted by Crippen LogP contribution is 2.32. The summed E-state index contributed by atoms with van der Waals surface area (Å²) in [5.41, 5.74) is 1.19. The molecular formula is C15H18O2S. The minimum absolute atomic E-state index is 0.0406. The van der Waals surface area contributed by atoms with Gasteiger partial charge in [0, 0.05) is 5.92 Å². The van der Waals surface area contributed by atoms with Crippen LogP contribution in [-0.4, -0.2) is 16.7 Å². The fraction of sp³-hybridized carbons (Fsp3) is 0.467. The normalized spacial score (nSPS) is 23.3. The van der Waals surface area contributed by atoms with E-state index in [1.54, 1.807) is 0 Å². The van der Waals surface area contributed by atoms with E-state index in [9.17, 15) is 9.59 Å². The molecule has 0 amide bonds. The van der Waals surface area contributed by atoms with Crippen molar-refractivity contribution in [3.05, 3.63) is 35.9 Å². The van der Waals surface area contributed by atoms with Crippen molar-refractivity contribution in [1.82, 2.24) is 0 Å². The van der Waals surface area contributed by atoms with Crippen LogP contribution in [0.3, 0.4) is 0 Å². The molecule has 1 aromatic rings. The molecule has 0 heterocycles. The average Bonchev–Trinajstić information content (AvgIpc) is 2.73. The highest BCUT2D eigenvalue weighted by atomic mass is 32.2. The molecule has 2 atom stereocenters. The van der Waals surface area contributed by atoms with E-state index in [2.05, 4.69) is 0 Å². The number of benzene rings is 1. The van der Waals surface area contributed by atoms with Gasteiger partial charge in [-0.2, -0.15) is 0 Å². The number of hydrogen-bond acceptors (Lipinski definition) is 3. The van der Waals surface area contributed by atoms with Crippen molar-refractivity contribution in [2.75, 3.05) is 5.75 Å². The predicted octanol–water partition coefficient (Wildman–Crippen LogP) is 3.10. The van der Waals surface area contributed by atoms with Crippen LogP contribution < -0.4 is 0 Å². The molecule has 96 valence electrons. The van der Waals surface area contributed by atoms with E-state index in [0.717, 1.165) is 25.0 Å². The number of hydrogen-bond donors (Lipinski definition) is 0. The first-order chi connectivity index (χ1) is 8.72. The number of Topliss-reactive ketones (excluding diaryl/α,β-unsaturated/α-hetero) is 1. The zero-order valence-corrected chi connectivity index (χ0v) is 11.4. The van der Waals surface area contributed by atoms with Gasteiger partial charge in [-0.15, -0.1) is 0 Å². The van der Waals surface area contributed by atoms with Crippen molar-refractivity contribution in [3.8, 4) is 0 Å². The second kappa shape index (κ2) is 6.19. The van der Waals surface area contributed by atoms with Gasteiger partial charge in [-0.05, 0) is 30.6 Å². The Morgan fingerprint density at radius 3 is 2.67 bits per heavy atom. The first kappa shape index (κ1) is 13.3. The standard InChI is InChI=1S/C15H18O2S/c1-2-18-15(17)13-9-8-12(14(13)16)10-11-6-4-3-5-7-11/h3-7,12-13H,2,8-10H2,1H3. The lowest BCUT2D eigenvalue weighted by atomic mass is 9.96. The topological polar surface area (TPSA) is 34.1 Å². The Bertz CT molecular complexity index is 427. The molecule has 0 aliphatic heterocycles. The zero-order chi connectivity index (χ0) is 13.0. The molecular weight excluding hydrogens is 244 g/mol. The van der Waals surface area contributed by atoms with Gasteiger partial charge in [0.15, 0.2) is 5.12 Å². The molecule has 0 aromatic heterocycles. The van der Waals surface area contributed by atoms with Gasteiger partial charge in [0.25, 0.3) is 0 Å².